The Morgan fingerprint density at radius 3 is 2.73 bits per heavy atom. The molecule has 198 valence electrons. The molecule has 1 saturated carbocycles. The minimum atomic E-state index is -0.546. The zero-order valence-electron chi connectivity index (χ0n) is 21.6. The number of hydrogen-bond donors (Lipinski definition) is 0. The number of amides is 1. The molecule has 2 aromatic heterocycles. The largest absolute Gasteiger partial charge is 0.444 e. The maximum absolute atomic E-state index is 14.2. The highest BCUT2D eigenvalue weighted by molar-refractivity contribution is 9.10. The Balaban J connectivity index is 1.30. The maximum atomic E-state index is 14.2. The number of aromatic nitrogens is 4. The molecule has 1 aliphatic carbocycles. The molecule has 0 bridgehead atoms. The van der Waals surface area contributed by atoms with E-state index in [0.29, 0.717) is 59.3 Å². The number of ether oxygens (including phenoxy) is 2. The van der Waals surface area contributed by atoms with Gasteiger partial charge in [-0.1, -0.05) is 5.21 Å². The fourth-order valence-corrected chi connectivity index (χ4v) is 5.03. The number of benzene rings is 1. The molecule has 1 aliphatic heterocycles. The Morgan fingerprint density at radius 2 is 2.03 bits per heavy atom. The molecule has 1 saturated heterocycles. The van der Waals surface area contributed by atoms with Crippen molar-refractivity contribution in [2.75, 3.05) is 19.6 Å². The van der Waals surface area contributed by atoms with Gasteiger partial charge in [-0.25, -0.2) is 18.9 Å². The summed E-state index contributed by atoms with van der Waals surface area (Å²) in [6.45, 7) is 10.6. The van der Waals surface area contributed by atoms with E-state index in [1.54, 1.807) is 4.90 Å². The van der Waals surface area contributed by atoms with Crippen LogP contribution in [0.15, 0.2) is 28.9 Å². The summed E-state index contributed by atoms with van der Waals surface area (Å²) in [5.41, 5.74) is 1.74. The Kier molecular flexibility index (Phi) is 7.10. The first-order valence-corrected chi connectivity index (χ1v) is 13.4. The van der Waals surface area contributed by atoms with Crippen LogP contribution in [0.4, 0.5) is 9.18 Å². The van der Waals surface area contributed by atoms with Crippen LogP contribution in [0.1, 0.15) is 46.1 Å². The summed E-state index contributed by atoms with van der Waals surface area (Å²) >= 11 is 3.62. The zero-order chi connectivity index (χ0) is 26.3. The second-order valence-corrected chi connectivity index (χ2v) is 11.7. The van der Waals surface area contributed by atoms with E-state index < -0.39 is 11.4 Å². The molecule has 5 rings (SSSR count). The molecule has 3 heterocycles. The van der Waals surface area contributed by atoms with Gasteiger partial charge in [0.05, 0.1) is 16.2 Å². The number of hydrogen-bond acceptors (Lipinski definition) is 7. The highest BCUT2D eigenvalue weighted by Gasteiger charge is 2.31. The average Bonchev–Trinajstić information content (AvgIpc) is 3.54. The van der Waals surface area contributed by atoms with E-state index in [1.165, 1.54) is 18.9 Å². The van der Waals surface area contributed by atoms with Gasteiger partial charge in [-0.15, -0.1) is 5.10 Å². The van der Waals surface area contributed by atoms with Gasteiger partial charge in [0, 0.05) is 44.3 Å². The van der Waals surface area contributed by atoms with Crippen molar-refractivity contribution in [1.82, 2.24) is 29.8 Å². The van der Waals surface area contributed by atoms with E-state index in [9.17, 15) is 9.18 Å². The van der Waals surface area contributed by atoms with Crippen LogP contribution in [0.25, 0.3) is 11.0 Å². The Bertz CT molecular complexity index is 1310. The van der Waals surface area contributed by atoms with E-state index in [0.717, 1.165) is 18.3 Å². The average molecular weight is 575 g/mol. The zero-order valence-corrected chi connectivity index (χ0v) is 23.2. The van der Waals surface area contributed by atoms with Gasteiger partial charge >= 0.3 is 6.09 Å². The van der Waals surface area contributed by atoms with Gasteiger partial charge in [-0.2, -0.15) is 0 Å². The van der Waals surface area contributed by atoms with Crippen LogP contribution < -0.4 is 4.74 Å². The summed E-state index contributed by atoms with van der Waals surface area (Å²) in [6, 6.07) is 5.20. The minimum Gasteiger partial charge on any atom is -0.444 e. The molecule has 3 aromatic rings. The number of carbonyl (C=O) groups excluding carboxylic acids is 1. The molecule has 9 nitrogen and oxygen atoms in total. The van der Waals surface area contributed by atoms with Crippen LogP contribution >= 0.6 is 15.9 Å². The van der Waals surface area contributed by atoms with Gasteiger partial charge in [-0.05, 0) is 80.6 Å². The molecular weight excluding hydrogens is 543 g/mol. The van der Waals surface area contributed by atoms with E-state index in [2.05, 4.69) is 36.1 Å². The van der Waals surface area contributed by atoms with Crippen molar-refractivity contribution in [3.63, 3.8) is 0 Å². The predicted octanol–water partition coefficient (Wildman–Crippen LogP) is 5.37. The summed E-state index contributed by atoms with van der Waals surface area (Å²) in [5.74, 6) is 1.11. The van der Waals surface area contributed by atoms with Crippen molar-refractivity contribution in [1.29, 1.82) is 0 Å². The first kappa shape index (κ1) is 25.8. The Labute approximate surface area is 224 Å². The lowest BCUT2D eigenvalue weighted by Gasteiger charge is -2.40. The summed E-state index contributed by atoms with van der Waals surface area (Å²) in [6.07, 6.45) is 3.31. The number of halogens is 2. The molecule has 0 N–H and O–H groups in total. The van der Waals surface area contributed by atoms with Crippen LogP contribution in [0.5, 0.6) is 11.6 Å². The second kappa shape index (κ2) is 10.2. The molecule has 1 atom stereocenters. The monoisotopic (exact) mass is 574 g/mol. The number of pyridine rings is 1. The van der Waals surface area contributed by atoms with E-state index >= 15 is 0 Å². The van der Waals surface area contributed by atoms with Crippen molar-refractivity contribution < 1.29 is 18.7 Å². The third kappa shape index (κ3) is 6.04. The molecule has 0 radical (unpaired) electrons. The lowest BCUT2D eigenvalue weighted by atomic mass is 10.1. The van der Waals surface area contributed by atoms with Gasteiger partial charge in [-0.3, -0.25) is 4.90 Å². The summed E-state index contributed by atoms with van der Waals surface area (Å²) < 4.78 is 28.5. The number of rotatable bonds is 6. The molecule has 0 unspecified atom stereocenters. The fourth-order valence-electron chi connectivity index (χ4n) is 4.53. The van der Waals surface area contributed by atoms with E-state index in [1.807, 2.05) is 44.5 Å². The number of piperazine rings is 1. The third-order valence-corrected chi connectivity index (χ3v) is 7.32. The predicted molar refractivity (Wildman–Crippen MR) is 140 cm³/mol. The van der Waals surface area contributed by atoms with Gasteiger partial charge in [0.1, 0.15) is 22.7 Å². The van der Waals surface area contributed by atoms with Crippen LogP contribution in [0.2, 0.25) is 0 Å². The summed E-state index contributed by atoms with van der Waals surface area (Å²) in [4.78, 5) is 20.7. The Morgan fingerprint density at radius 1 is 1.24 bits per heavy atom. The fraction of sp³-hybridized carbons (Fsp3) is 0.538. The van der Waals surface area contributed by atoms with E-state index in [4.69, 9.17) is 9.47 Å². The van der Waals surface area contributed by atoms with Gasteiger partial charge < -0.3 is 14.4 Å². The van der Waals surface area contributed by atoms with Crippen molar-refractivity contribution in [3.8, 4) is 11.6 Å². The lowest BCUT2D eigenvalue weighted by Crippen LogP contribution is -2.54. The third-order valence-electron chi connectivity index (χ3n) is 6.55. The molecule has 2 aliphatic rings. The van der Waals surface area contributed by atoms with Crippen molar-refractivity contribution in [2.45, 2.75) is 65.3 Å². The van der Waals surface area contributed by atoms with Crippen LogP contribution in [-0.4, -0.2) is 67.1 Å². The second-order valence-electron chi connectivity index (χ2n) is 10.9. The highest BCUT2D eigenvalue weighted by atomic mass is 79.9. The normalized spacial score (nSPS) is 18.9. The number of nitrogens with zero attached hydrogens (tertiary/aromatic N) is 6. The standard InChI is InChI=1S/C26H32BrFN6O3/c1-16-13-32(9-10-33(16)25(35)37-26(2,3)4)15-18-11-19(28)12-29-24(18)36-21-8-7-20-23(22(21)27)30-31-34(20)14-17-5-6-17/h7-8,11-12,16-17H,5-6,9-10,13-15H2,1-4H3/t16-/m0/s1. The first-order chi connectivity index (χ1) is 17.6. The molecule has 1 aromatic carbocycles. The SMILES string of the molecule is C[C@H]1CN(Cc2cc(F)cnc2Oc2ccc3c(nnn3CC3CC3)c2Br)CCN1C(=O)OC(C)(C)C. The molecule has 2 fully saturated rings. The molecular formula is C26H32BrFN6O3. The molecule has 0 spiro atoms. The highest BCUT2D eigenvalue weighted by Crippen LogP contribution is 2.37. The minimum absolute atomic E-state index is 0.0516. The maximum Gasteiger partial charge on any atom is 0.410 e. The van der Waals surface area contributed by atoms with Gasteiger partial charge in [0.15, 0.2) is 0 Å². The van der Waals surface area contributed by atoms with Crippen molar-refractivity contribution in [2.24, 2.45) is 5.92 Å². The van der Waals surface area contributed by atoms with Gasteiger partial charge in [0.25, 0.3) is 0 Å². The summed E-state index contributed by atoms with van der Waals surface area (Å²) in [7, 11) is 0. The number of carbonyl (C=O) groups is 1. The first-order valence-electron chi connectivity index (χ1n) is 12.6. The topological polar surface area (TPSA) is 85.6 Å². The molecule has 11 heteroatoms. The van der Waals surface area contributed by atoms with Gasteiger partial charge in [0.2, 0.25) is 5.88 Å². The van der Waals surface area contributed by atoms with Crippen molar-refractivity contribution >= 4 is 33.1 Å². The quantitative estimate of drug-likeness (QED) is 0.391. The van der Waals surface area contributed by atoms with Crippen molar-refractivity contribution in [3.05, 3.63) is 40.2 Å². The van der Waals surface area contributed by atoms with Crippen LogP contribution in [0, 0.1) is 11.7 Å². The number of fused-ring (bicyclic) bond motifs is 1. The smallest absolute Gasteiger partial charge is 0.410 e. The van der Waals surface area contributed by atoms with E-state index in [-0.39, 0.29) is 12.1 Å². The molecule has 1 amide bonds. The van der Waals surface area contributed by atoms with Crippen LogP contribution in [-0.2, 0) is 17.8 Å². The van der Waals surface area contributed by atoms with Crippen LogP contribution in [0.3, 0.4) is 0 Å². The summed E-state index contributed by atoms with van der Waals surface area (Å²) in [5, 5.41) is 8.65. The Hall–Kier alpha value is -2.79. The lowest BCUT2D eigenvalue weighted by molar-refractivity contribution is 0.000465. The molecule has 37 heavy (non-hydrogen) atoms.